The average Bonchev–Trinajstić information content (AvgIpc) is 3.36. The zero-order valence-corrected chi connectivity index (χ0v) is 15.0. The number of nitrogens with one attached hydrogen (secondary N) is 1. The lowest BCUT2D eigenvalue weighted by atomic mass is 10.1. The number of carbonyl (C=O) groups is 1. The maximum atomic E-state index is 12.0. The van der Waals surface area contributed by atoms with E-state index in [1.807, 2.05) is 36.4 Å². The number of rotatable bonds is 6. The van der Waals surface area contributed by atoms with Gasteiger partial charge in [0.1, 0.15) is 5.75 Å². The average molecular weight is 364 g/mol. The molecule has 1 aliphatic heterocycles. The maximum Gasteiger partial charge on any atom is 0.322 e. The molecule has 0 spiro atoms. The molecule has 2 heterocycles. The first kappa shape index (κ1) is 17.1. The van der Waals surface area contributed by atoms with Crippen molar-refractivity contribution in [2.24, 2.45) is 0 Å². The first-order valence-electron chi connectivity index (χ1n) is 8.85. The lowest BCUT2D eigenvalue weighted by molar-refractivity contribution is 0.252. The second-order valence-electron chi connectivity index (χ2n) is 6.27. The normalized spacial score (nSPS) is 13.7. The maximum absolute atomic E-state index is 12.0. The molecule has 4 rings (SSSR count). The standard InChI is InChI=1S/C20H20N4O3/c1-26-17-9-8-15(13-16(17)24-12-11-21-20(24)25)19-22-18(23-27-19)10-7-14-5-3-2-4-6-14/h2-6,8-9,13H,7,10-12H2,1H3,(H,21,25). The van der Waals surface area contributed by atoms with Crippen molar-refractivity contribution in [1.82, 2.24) is 15.5 Å². The molecule has 138 valence electrons. The van der Waals surface area contributed by atoms with Gasteiger partial charge in [-0.25, -0.2) is 4.79 Å². The summed E-state index contributed by atoms with van der Waals surface area (Å²) in [5.41, 5.74) is 2.67. The predicted molar refractivity (Wildman–Crippen MR) is 101 cm³/mol. The van der Waals surface area contributed by atoms with Crippen molar-refractivity contribution in [3.8, 4) is 17.2 Å². The highest BCUT2D eigenvalue weighted by Gasteiger charge is 2.25. The molecule has 1 aromatic heterocycles. The van der Waals surface area contributed by atoms with E-state index in [0.717, 1.165) is 12.0 Å². The van der Waals surface area contributed by atoms with Crippen LogP contribution in [0.5, 0.6) is 5.75 Å². The van der Waals surface area contributed by atoms with Gasteiger partial charge in [0, 0.05) is 25.1 Å². The van der Waals surface area contributed by atoms with Gasteiger partial charge in [0.05, 0.1) is 12.8 Å². The summed E-state index contributed by atoms with van der Waals surface area (Å²) in [5, 5.41) is 6.88. The van der Waals surface area contributed by atoms with Crippen molar-refractivity contribution in [2.45, 2.75) is 12.8 Å². The monoisotopic (exact) mass is 364 g/mol. The van der Waals surface area contributed by atoms with Crippen LogP contribution in [-0.4, -0.2) is 36.4 Å². The molecule has 2 amide bonds. The van der Waals surface area contributed by atoms with Gasteiger partial charge in [-0.2, -0.15) is 4.98 Å². The van der Waals surface area contributed by atoms with Crippen molar-refractivity contribution in [2.75, 3.05) is 25.1 Å². The summed E-state index contributed by atoms with van der Waals surface area (Å²) in [4.78, 5) is 18.2. The molecule has 7 nitrogen and oxygen atoms in total. The largest absolute Gasteiger partial charge is 0.495 e. The first-order valence-corrected chi connectivity index (χ1v) is 8.85. The molecule has 0 radical (unpaired) electrons. The van der Waals surface area contributed by atoms with E-state index in [1.54, 1.807) is 12.0 Å². The number of benzene rings is 2. The number of nitrogens with zero attached hydrogens (tertiary/aromatic N) is 3. The molecule has 0 saturated carbocycles. The third-order valence-corrected chi connectivity index (χ3v) is 4.52. The lowest BCUT2D eigenvalue weighted by Crippen LogP contribution is -2.28. The molecule has 1 fully saturated rings. The SMILES string of the molecule is COc1ccc(-c2nc(CCc3ccccc3)no2)cc1N1CCNC1=O. The van der Waals surface area contributed by atoms with Crippen molar-refractivity contribution >= 4 is 11.7 Å². The molecule has 0 aliphatic carbocycles. The smallest absolute Gasteiger partial charge is 0.322 e. The Hall–Kier alpha value is -3.35. The molecule has 2 aromatic carbocycles. The summed E-state index contributed by atoms with van der Waals surface area (Å²) < 4.78 is 10.8. The van der Waals surface area contributed by atoms with Gasteiger partial charge in [-0.1, -0.05) is 35.5 Å². The Kier molecular flexibility index (Phi) is 4.74. The van der Waals surface area contributed by atoms with E-state index >= 15 is 0 Å². The van der Waals surface area contributed by atoms with E-state index in [2.05, 4.69) is 27.6 Å². The molecular weight excluding hydrogens is 344 g/mol. The van der Waals surface area contributed by atoms with Crippen LogP contribution in [0.1, 0.15) is 11.4 Å². The topological polar surface area (TPSA) is 80.5 Å². The Labute approximate surface area is 156 Å². The van der Waals surface area contributed by atoms with Gasteiger partial charge in [0.2, 0.25) is 0 Å². The van der Waals surface area contributed by atoms with Crippen molar-refractivity contribution < 1.29 is 14.1 Å². The highest BCUT2D eigenvalue weighted by Crippen LogP contribution is 2.33. The first-order chi connectivity index (χ1) is 13.2. The number of hydrogen-bond acceptors (Lipinski definition) is 5. The number of hydrogen-bond donors (Lipinski definition) is 1. The molecule has 1 N–H and O–H groups in total. The fourth-order valence-corrected chi connectivity index (χ4v) is 3.11. The van der Waals surface area contributed by atoms with Gasteiger partial charge in [0.25, 0.3) is 5.89 Å². The number of anilines is 1. The Balaban J connectivity index is 1.55. The molecule has 7 heteroatoms. The molecule has 0 unspecified atom stereocenters. The predicted octanol–water partition coefficient (Wildman–Crippen LogP) is 3.06. The second-order valence-corrected chi connectivity index (χ2v) is 6.27. The summed E-state index contributed by atoms with van der Waals surface area (Å²) in [6, 6.07) is 15.6. The molecule has 1 saturated heterocycles. The van der Waals surface area contributed by atoms with Crippen LogP contribution in [0.3, 0.4) is 0 Å². The summed E-state index contributed by atoms with van der Waals surface area (Å²) in [6.07, 6.45) is 1.55. The van der Waals surface area contributed by atoms with Gasteiger partial charge >= 0.3 is 6.03 Å². The highest BCUT2D eigenvalue weighted by molar-refractivity contribution is 5.96. The summed E-state index contributed by atoms with van der Waals surface area (Å²) in [7, 11) is 1.58. The van der Waals surface area contributed by atoms with E-state index in [-0.39, 0.29) is 6.03 Å². The second kappa shape index (κ2) is 7.49. The van der Waals surface area contributed by atoms with Crippen molar-refractivity contribution in [3.63, 3.8) is 0 Å². The minimum absolute atomic E-state index is 0.139. The summed E-state index contributed by atoms with van der Waals surface area (Å²) >= 11 is 0. The Morgan fingerprint density at radius 3 is 2.78 bits per heavy atom. The fraction of sp³-hybridized carbons (Fsp3) is 0.250. The van der Waals surface area contributed by atoms with Crippen LogP contribution in [0.15, 0.2) is 53.1 Å². The van der Waals surface area contributed by atoms with Gasteiger partial charge in [-0.05, 0) is 30.2 Å². The molecular formula is C20H20N4O3. The van der Waals surface area contributed by atoms with Crippen LogP contribution in [-0.2, 0) is 12.8 Å². The minimum atomic E-state index is -0.139. The van der Waals surface area contributed by atoms with Crippen molar-refractivity contribution in [1.29, 1.82) is 0 Å². The van der Waals surface area contributed by atoms with Gasteiger partial charge in [-0.3, -0.25) is 4.90 Å². The van der Waals surface area contributed by atoms with Crippen LogP contribution < -0.4 is 15.0 Å². The number of aryl methyl sites for hydroxylation is 2. The third-order valence-electron chi connectivity index (χ3n) is 4.52. The number of carbonyl (C=O) groups excluding carboxylic acids is 1. The van der Waals surface area contributed by atoms with Crippen LogP contribution in [0.4, 0.5) is 10.5 Å². The molecule has 0 bridgehead atoms. The van der Waals surface area contributed by atoms with Gasteiger partial charge in [0.15, 0.2) is 5.82 Å². The highest BCUT2D eigenvalue weighted by atomic mass is 16.5. The lowest BCUT2D eigenvalue weighted by Gasteiger charge is -2.18. The van der Waals surface area contributed by atoms with Gasteiger partial charge < -0.3 is 14.6 Å². The van der Waals surface area contributed by atoms with E-state index in [0.29, 0.717) is 42.7 Å². The zero-order chi connectivity index (χ0) is 18.6. The molecule has 0 atom stereocenters. The van der Waals surface area contributed by atoms with Gasteiger partial charge in [-0.15, -0.1) is 0 Å². The summed E-state index contributed by atoms with van der Waals surface area (Å²) in [6.45, 7) is 1.20. The minimum Gasteiger partial charge on any atom is -0.495 e. The van der Waals surface area contributed by atoms with Crippen LogP contribution >= 0.6 is 0 Å². The van der Waals surface area contributed by atoms with Crippen molar-refractivity contribution in [3.05, 3.63) is 59.9 Å². The Bertz CT molecular complexity index is 939. The number of amides is 2. The van der Waals surface area contributed by atoms with E-state index < -0.39 is 0 Å². The van der Waals surface area contributed by atoms with Crippen LogP contribution in [0.25, 0.3) is 11.5 Å². The Morgan fingerprint density at radius 1 is 1.19 bits per heavy atom. The number of ether oxygens (including phenoxy) is 1. The number of aromatic nitrogens is 2. The van der Waals surface area contributed by atoms with E-state index in [1.165, 1.54) is 5.56 Å². The Morgan fingerprint density at radius 2 is 2.04 bits per heavy atom. The number of methoxy groups -OCH3 is 1. The quantitative estimate of drug-likeness (QED) is 0.727. The molecule has 1 aliphatic rings. The van der Waals surface area contributed by atoms with E-state index in [4.69, 9.17) is 9.26 Å². The molecule has 3 aromatic rings. The van der Waals surface area contributed by atoms with E-state index in [9.17, 15) is 4.79 Å². The third kappa shape index (κ3) is 3.62. The molecule has 27 heavy (non-hydrogen) atoms. The number of urea groups is 1. The van der Waals surface area contributed by atoms with Crippen LogP contribution in [0.2, 0.25) is 0 Å². The zero-order valence-electron chi connectivity index (χ0n) is 15.0. The van der Waals surface area contributed by atoms with Crippen LogP contribution in [0, 0.1) is 0 Å². The summed E-state index contributed by atoms with van der Waals surface area (Å²) in [5.74, 6) is 1.71. The fourth-order valence-electron chi connectivity index (χ4n) is 3.11.